The van der Waals surface area contributed by atoms with E-state index in [2.05, 4.69) is 150 Å². The van der Waals surface area contributed by atoms with Crippen LogP contribution in [-0.4, -0.2) is 24.9 Å². The summed E-state index contributed by atoms with van der Waals surface area (Å²) in [5.41, 5.74) is 23.7. The largest absolute Gasteiger partial charge is 0.355 e. The van der Waals surface area contributed by atoms with E-state index in [1.165, 1.54) is 128 Å². The first kappa shape index (κ1) is 54.1. The lowest BCUT2D eigenvalue weighted by molar-refractivity contribution is 0.666. The fourth-order valence-electron chi connectivity index (χ4n) is 11.3. The molecule has 8 bridgehead atoms. The molecule has 0 aromatic carbocycles. The van der Waals surface area contributed by atoms with E-state index in [1.54, 1.807) is 0 Å². The lowest BCUT2D eigenvalue weighted by Gasteiger charge is -2.08. The summed E-state index contributed by atoms with van der Waals surface area (Å²) in [5.74, 6) is 21.0. The number of pyridine rings is 1. The smallest absolute Gasteiger partial charge is 0.0851 e. The second kappa shape index (κ2) is 25.9. The Morgan fingerprint density at radius 3 is 1.30 bits per heavy atom. The summed E-state index contributed by atoms with van der Waals surface area (Å²) in [6, 6.07) is 15.7. The van der Waals surface area contributed by atoms with E-state index in [4.69, 9.17) is 9.97 Å². The molecule has 8 rings (SSSR count). The number of hydrogen-bond acceptors (Lipinski definition) is 5. The van der Waals surface area contributed by atoms with Gasteiger partial charge in [-0.05, 0) is 199 Å². The van der Waals surface area contributed by atoms with E-state index in [9.17, 15) is 0 Å². The molecule has 0 saturated carbocycles. The number of thiophene rings is 2. The van der Waals surface area contributed by atoms with Crippen LogP contribution < -0.4 is 0 Å². The number of nitrogens with one attached hydrogen (secondary N) is 2. The van der Waals surface area contributed by atoms with Gasteiger partial charge in [0.2, 0.25) is 0 Å². The van der Waals surface area contributed by atoms with Gasteiger partial charge in [-0.2, -0.15) is 0 Å². The van der Waals surface area contributed by atoms with Crippen molar-refractivity contribution in [1.29, 1.82) is 0 Å². The number of nitrogens with zero attached hydrogens (tertiary/aromatic N) is 3. The second-order valence-corrected chi connectivity index (χ2v) is 21.7. The number of H-pyrrole nitrogens is 2. The summed E-state index contributed by atoms with van der Waals surface area (Å²) >= 11 is 3.67. The maximum Gasteiger partial charge on any atom is 0.0851 e. The van der Waals surface area contributed by atoms with Crippen LogP contribution in [-0.2, 0) is 38.5 Å². The zero-order valence-electron chi connectivity index (χ0n) is 46.1. The predicted octanol–water partition coefficient (Wildman–Crippen LogP) is 18.3. The molecule has 7 heteroatoms. The number of rotatable bonds is 19. The van der Waals surface area contributed by atoms with Crippen LogP contribution in [0.3, 0.4) is 0 Å². The van der Waals surface area contributed by atoms with E-state index >= 15 is 0 Å². The van der Waals surface area contributed by atoms with Gasteiger partial charge in [-0.1, -0.05) is 120 Å². The highest BCUT2D eigenvalue weighted by molar-refractivity contribution is 7.23. The molecule has 0 amide bonds. The molecule has 74 heavy (non-hydrogen) atoms. The number of aromatic amines is 2. The van der Waals surface area contributed by atoms with Crippen LogP contribution in [0.15, 0.2) is 54.9 Å². The molecule has 382 valence electrons. The monoisotopic (exact) mass is 1020 g/mol. The van der Waals surface area contributed by atoms with Crippen molar-refractivity contribution in [3.8, 4) is 45.3 Å². The molecule has 0 saturated heterocycles. The van der Waals surface area contributed by atoms with Crippen molar-refractivity contribution in [2.75, 3.05) is 0 Å². The number of hydrogen-bond donors (Lipinski definition) is 2. The zero-order chi connectivity index (χ0) is 52.1. The van der Waals surface area contributed by atoms with Gasteiger partial charge in [-0.3, -0.25) is 4.98 Å². The Kier molecular flexibility index (Phi) is 18.9. The van der Waals surface area contributed by atoms with Gasteiger partial charge in [0.25, 0.3) is 0 Å². The third-order valence-electron chi connectivity index (χ3n) is 15.0. The van der Waals surface area contributed by atoms with Gasteiger partial charge in [-0.25, -0.2) is 9.97 Å². The molecule has 2 aliphatic rings. The molecular weight excluding hydrogens is 939 g/mol. The Morgan fingerprint density at radius 1 is 0.432 bits per heavy atom. The highest BCUT2D eigenvalue weighted by Gasteiger charge is 2.27. The third kappa shape index (κ3) is 11.7. The van der Waals surface area contributed by atoms with Crippen molar-refractivity contribution in [2.45, 2.75) is 185 Å². The van der Waals surface area contributed by atoms with Crippen LogP contribution in [0.5, 0.6) is 0 Å². The third-order valence-corrected chi connectivity index (χ3v) is 17.3. The molecule has 2 N–H and O–H groups in total. The molecule has 0 aliphatic carbocycles. The van der Waals surface area contributed by atoms with Crippen molar-refractivity contribution in [3.63, 3.8) is 0 Å². The summed E-state index contributed by atoms with van der Waals surface area (Å²) in [7, 11) is 0. The normalized spacial score (nSPS) is 12.2. The molecule has 6 aromatic rings. The molecule has 0 spiro atoms. The first-order chi connectivity index (χ1) is 36.3. The Labute approximate surface area is 451 Å². The summed E-state index contributed by atoms with van der Waals surface area (Å²) in [5, 5.41) is 0. The minimum Gasteiger partial charge on any atom is -0.355 e. The minimum atomic E-state index is 0.840. The zero-order valence-corrected chi connectivity index (χ0v) is 47.7. The van der Waals surface area contributed by atoms with Crippen LogP contribution in [0.25, 0.3) is 54.1 Å². The Hall–Kier alpha value is -6.17. The van der Waals surface area contributed by atoms with Gasteiger partial charge in [-0.15, -0.1) is 22.7 Å². The number of fused-ring (bicyclic) bond motifs is 8. The highest BCUT2D eigenvalue weighted by Crippen LogP contribution is 2.43. The van der Waals surface area contributed by atoms with Gasteiger partial charge in [0.05, 0.1) is 38.1 Å². The average molecular weight is 1020 g/mol. The first-order valence-electron chi connectivity index (χ1n) is 28.2. The van der Waals surface area contributed by atoms with Crippen molar-refractivity contribution < 1.29 is 0 Å². The topological polar surface area (TPSA) is 70.2 Å². The van der Waals surface area contributed by atoms with Crippen molar-refractivity contribution in [3.05, 3.63) is 132 Å². The van der Waals surface area contributed by atoms with E-state index in [1.807, 2.05) is 47.2 Å². The van der Waals surface area contributed by atoms with Gasteiger partial charge < -0.3 is 9.97 Å². The lowest BCUT2D eigenvalue weighted by atomic mass is 9.94. The van der Waals surface area contributed by atoms with Crippen molar-refractivity contribution >= 4 is 67.0 Å². The van der Waals surface area contributed by atoms with Crippen LogP contribution in [0.4, 0.5) is 0 Å². The van der Waals surface area contributed by atoms with E-state index in [0.29, 0.717) is 0 Å². The van der Waals surface area contributed by atoms with Crippen LogP contribution in [0.1, 0.15) is 223 Å². The minimum absolute atomic E-state index is 0.840. The standard InChI is InChI=1S/C67H77N5S2/c1-11-21-23-25-29-45-39-47(73-66(45)67-46(30-26-24-22-12-2)40-48(74-67)34-33-44-35-37-68-38-36-44)31-27-28-32-57-64-55(19-9)53(17-7)62(71-64)42-60-51(15-5)49(13-3)58(69-60)41-59-50(14-4)52(16-6)61(70-59)43-63-54(18-8)56(20-10)65(57)72-63/h35-43,69-70H,11-26,29-30H2,1-10H3. The van der Waals surface area contributed by atoms with Crippen LogP contribution >= 0.6 is 22.7 Å². The molecule has 2 aliphatic heterocycles. The van der Waals surface area contributed by atoms with Crippen molar-refractivity contribution in [1.82, 2.24) is 24.9 Å². The van der Waals surface area contributed by atoms with Gasteiger partial charge >= 0.3 is 0 Å². The fraction of sp³-hybridized carbons (Fsp3) is 0.418. The van der Waals surface area contributed by atoms with Crippen LogP contribution in [0, 0.1) is 35.5 Å². The summed E-state index contributed by atoms with van der Waals surface area (Å²) < 4.78 is 0. The number of aryl methyl sites for hydroxylation is 6. The maximum atomic E-state index is 5.62. The van der Waals surface area contributed by atoms with E-state index in [-0.39, 0.29) is 0 Å². The number of allylic oxidation sites excluding steroid dienone is 4. The highest BCUT2D eigenvalue weighted by atomic mass is 32.1. The van der Waals surface area contributed by atoms with E-state index < -0.39 is 0 Å². The molecule has 5 nitrogen and oxygen atoms in total. The van der Waals surface area contributed by atoms with Gasteiger partial charge in [0.15, 0.2) is 0 Å². The molecule has 8 heterocycles. The lowest BCUT2D eigenvalue weighted by Crippen LogP contribution is -1.95. The SMILES string of the molecule is CCCCCCc1cc(C#CC#Cc2c3nc(cc4[nH]c(cc5[nH]c(cc6nc2C(CC)=C6CC)c(CC)c5CC)c(CC)c4CC)C(CC)=C3CC)sc1-c1sc(C#Cc2ccncc2)cc1CCCCCC. The fourth-order valence-corrected chi connectivity index (χ4v) is 13.6. The summed E-state index contributed by atoms with van der Waals surface area (Å²) in [6.07, 6.45) is 22.7. The number of unbranched alkanes of at least 4 members (excludes halogenated alkanes) is 6. The van der Waals surface area contributed by atoms with Gasteiger partial charge in [0, 0.05) is 49.8 Å². The van der Waals surface area contributed by atoms with Crippen LogP contribution in [0.2, 0.25) is 0 Å². The molecular formula is C67H77N5S2. The molecule has 0 fully saturated rings. The van der Waals surface area contributed by atoms with Crippen molar-refractivity contribution in [2.24, 2.45) is 0 Å². The molecule has 0 unspecified atom stereocenters. The number of aromatic nitrogens is 5. The Balaban J connectivity index is 1.34. The van der Waals surface area contributed by atoms with Gasteiger partial charge in [0.1, 0.15) is 0 Å². The Bertz CT molecular complexity index is 3300. The first-order valence-corrected chi connectivity index (χ1v) is 29.8. The Morgan fingerprint density at radius 2 is 0.865 bits per heavy atom. The maximum absolute atomic E-state index is 5.62. The predicted molar refractivity (Wildman–Crippen MR) is 321 cm³/mol. The quantitative estimate of drug-likeness (QED) is 0.0627. The van der Waals surface area contributed by atoms with E-state index in [0.717, 1.165) is 119 Å². The summed E-state index contributed by atoms with van der Waals surface area (Å²) in [4.78, 5) is 28.2. The second-order valence-electron chi connectivity index (χ2n) is 19.6. The molecule has 0 radical (unpaired) electrons. The molecule has 6 aromatic heterocycles. The summed E-state index contributed by atoms with van der Waals surface area (Å²) in [6.45, 7) is 22.7. The molecule has 0 atom stereocenters. The average Bonchev–Trinajstić information content (AvgIpc) is 4.28.